The molecule has 1 aromatic carbocycles. The molecule has 1 rings (SSSR count). The molecule has 0 saturated heterocycles. The van der Waals surface area contributed by atoms with Gasteiger partial charge in [-0.15, -0.1) is 0 Å². The van der Waals surface area contributed by atoms with Crippen LogP contribution in [-0.4, -0.2) is 33.5 Å². The molecule has 0 aromatic heterocycles. The Morgan fingerprint density at radius 3 is 2.48 bits per heavy atom. The Hall–Kier alpha value is -1.44. The van der Waals surface area contributed by atoms with Crippen LogP contribution in [0.4, 0.5) is 0 Å². The number of rotatable bonds is 6. The molecule has 1 atom stereocenters. The van der Waals surface area contributed by atoms with E-state index in [9.17, 15) is 13.2 Å². The number of amides is 1. The van der Waals surface area contributed by atoms with Gasteiger partial charge in [0.05, 0.1) is 4.90 Å². The summed E-state index contributed by atoms with van der Waals surface area (Å²) in [6.45, 7) is 8.65. The van der Waals surface area contributed by atoms with E-state index in [0.717, 1.165) is 6.54 Å². The van der Waals surface area contributed by atoms with E-state index in [1.165, 1.54) is 6.07 Å². The Kier molecular flexibility index (Phi) is 5.88. The minimum absolute atomic E-state index is 0.00705. The van der Waals surface area contributed by atoms with Crippen molar-refractivity contribution in [2.75, 3.05) is 13.1 Å². The molecule has 0 heterocycles. The van der Waals surface area contributed by atoms with Crippen LogP contribution < -0.4 is 15.8 Å². The number of sulfonamides is 1. The average Bonchev–Trinajstić information content (AvgIpc) is 2.38. The zero-order valence-corrected chi connectivity index (χ0v) is 13.7. The summed E-state index contributed by atoms with van der Waals surface area (Å²) in [4.78, 5) is 12.1. The van der Waals surface area contributed by atoms with Gasteiger partial charge in [0.25, 0.3) is 5.91 Å². The maximum Gasteiger partial charge on any atom is 0.251 e. The Labute approximate surface area is 126 Å². The lowest BCUT2D eigenvalue weighted by Crippen LogP contribution is -2.38. The highest BCUT2D eigenvalue weighted by atomic mass is 32.2. The summed E-state index contributed by atoms with van der Waals surface area (Å²) in [6, 6.07) is 3.13. The summed E-state index contributed by atoms with van der Waals surface area (Å²) in [5.74, 6) is -0.312. The van der Waals surface area contributed by atoms with Crippen molar-refractivity contribution in [2.45, 2.75) is 38.6 Å². The van der Waals surface area contributed by atoms with Crippen LogP contribution in [-0.2, 0) is 10.0 Å². The maximum absolute atomic E-state index is 12.1. The molecular weight excluding hydrogens is 290 g/mol. The summed E-state index contributed by atoms with van der Waals surface area (Å²) in [5, 5.41) is 11.1. The van der Waals surface area contributed by atoms with Crippen LogP contribution in [0.3, 0.4) is 0 Å². The van der Waals surface area contributed by atoms with Crippen LogP contribution in [0, 0.1) is 13.8 Å². The van der Waals surface area contributed by atoms with E-state index in [0.29, 0.717) is 23.2 Å². The van der Waals surface area contributed by atoms with E-state index in [1.807, 2.05) is 13.8 Å². The van der Waals surface area contributed by atoms with Crippen molar-refractivity contribution in [1.29, 1.82) is 0 Å². The second-order valence-corrected chi connectivity index (χ2v) is 6.66. The summed E-state index contributed by atoms with van der Waals surface area (Å²) in [7, 11) is -3.84. The summed E-state index contributed by atoms with van der Waals surface area (Å²) < 4.78 is 23.1. The van der Waals surface area contributed by atoms with Gasteiger partial charge >= 0.3 is 0 Å². The van der Waals surface area contributed by atoms with E-state index < -0.39 is 10.0 Å². The fraction of sp³-hybridized carbons (Fsp3) is 0.500. The van der Waals surface area contributed by atoms with Gasteiger partial charge in [0, 0.05) is 18.2 Å². The first-order chi connectivity index (χ1) is 9.66. The molecule has 0 fully saturated rings. The van der Waals surface area contributed by atoms with E-state index in [1.54, 1.807) is 19.9 Å². The Bertz CT molecular complexity index is 627. The van der Waals surface area contributed by atoms with Gasteiger partial charge in [0.15, 0.2) is 0 Å². The van der Waals surface area contributed by atoms with Gasteiger partial charge in [-0.05, 0) is 50.6 Å². The molecule has 0 aliphatic carbocycles. The average molecular weight is 313 g/mol. The first kappa shape index (κ1) is 17.6. The van der Waals surface area contributed by atoms with Crippen molar-refractivity contribution >= 4 is 15.9 Å². The molecule has 0 radical (unpaired) electrons. The zero-order chi connectivity index (χ0) is 16.2. The van der Waals surface area contributed by atoms with Crippen molar-refractivity contribution in [3.8, 4) is 0 Å². The van der Waals surface area contributed by atoms with E-state index in [-0.39, 0.29) is 16.8 Å². The highest BCUT2D eigenvalue weighted by Crippen LogP contribution is 2.20. The molecule has 0 aliphatic rings. The number of hydrogen-bond donors (Lipinski definition) is 3. The van der Waals surface area contributed by atoms with Gasteiger partial charge in [-0.2, -0.15) is 0 Å². The summed E-state index contributed by atoms with van der Waals surface area (Å²) in [6.07, 6.45) is 0. The number of likely N-dealkylation sites (N-methyl/N-ethyl adjacent to an activating group) is 1. The normalized spacial score (nSPS) is 13.0. The summed E-state index contributed by atoms with van der Waals surface area (Å²) in [5.41, 5.74) is 1.58. The van der Waals surface area contributed by atoms with Gasteiger partial charge < -0.3 is 10.6 Å². The van der Waals surface area contributed by atoms with Gasteiger partial charge in [-0.3, -0.25) is 4.79 Å². The maximum atomic E-state index is 12.1. The first-order valence-corrected chi connectivity index (χ1v) is 8.37. The monoisotopic (exact) mass is 313 g/mol. The number of hydrogen-bond acceptors (Lipinski definition) is 4. The third-order valence-corrected chi connectivity index (χ3v) is 4.35. The van der Waals surface area contributed by atoms with Crippen molar-refractivity contribution in [1.82, 2.24) is 10.6 Å². The van der Waals surface area contributed by atoms with Crippen molar-refractivity contribution in [2.24, 2.45) is 5.14 Å². The van der Waals surface area contributed by atoms with Gasteiger partial charge in [-0.25, -0.2) is 13.6 Å². The lowest BCUT2D eigenvalue weighted by atomic mass is 10.1. The third-order valence-electron chi connectivity index (χ3n) is 3.31. The fourth-order valence-electron chi connectivity index (χ4n) is 2.02. The molecule has 1 amide bonds. The van der Waals surface area contributed by atoms with Crippen LogP contribution in [0.5, 0.6) is 0 Å². The highest BCUT2D eigenvalue weighted by Gasteiger charge is 2.17. The Morgan fingerprint density at radius 2 is 1.95 bits per heavy atom. The van der Waals surface area contributed by atoms with Crippen LogP contribution in [0.2, 0.25) is 0 Å². The third kappa shape index (κ3) is 4.80. The SMILES string of the molecule is CCN[C@H](C)CNC(=O)c1cc(C)c(C)c(S(N)(=O)=O)c1. The molecule has 6 nitrogen and oxygen atoms in total. The lowest BCUT2D eigenvalue weighted by Gasteiger charge is -2.14. The standard InChI is InChI=1S/C14H23N3O3S/c1-5-16-10(3)8-17-14(18)12-6-9(2)11(4)13(7-12)21(15,19)20/h6-7,10,16H,5,8H2,1-4H3,(H,17,18)(H2,15,19,20)/t10-/m1/s1. The Balaban J connectivity index is 2.99. The number of primary sulfonamides is 1. The molecule has 7 heteroatoms. The van der Waals surface area contributed by atoms with Crippen LogP contribution in [0.15, 0.2) is 17.0 Å². The van der Waals surface area contributed by atoms with Gasteiger partial charge in [0.1, 0.15) is 0 Å². The molecule has 0 aliphatic heterocycles. The lowest BCUT2D eigenvalue weighted by molar-refractivity contribution is 0.0950. The molecule has 0 saturated carbocycles. The minimum Gasteiger partial charge on any atom is -0.350 e. The van der Waals surface area contributed by atoms with Gasteiger partial charge in [0.2, 0.25) is 10.0 Å². The molecule has 1 aromatic rings. The van der Waals surface area contributed by atoms with E-state index in [2.05, 4.69) is 10.6 Å². The number of aryl methyl sites for hydroxylation is 1. The van der Waals surface area contributed by atoms with Crippen molar-refractivity contribution in [3.05, 3.63) is 28.8 Å². The number of benzene rings is 1. The summed E-state index contributed by atoms with van der Waals surface area (Å²) >= 11 is 0. The Morgan fingerprint density at radius 1 is 1.33 bits per heavy atom. The topological polar surface area (TPSA) is 101 Å². The number of nitrogens with one attached hydrogen (secondary N) is 2. The number of carbonyl (C=O) groups excluding carboxylic acids is 1. The van der Waals surface area contributed by atoms with Gasteiger partial charge in [-0.1, -0.05) is 6.92 Å². The van der Waals surface area contributed by atoms with Crippen LogP contribution >= 0.6 is 0 Å². The smallest absolute Gasteiger partial charge is 0.251 e. The molecule has 0 unspecified atom stereocenters. The predicted molar refractivity (Wildman–Crippen MR) is 82.8 cm³/mol. The minimum atomic E-state index is -3.84. The van der Waals surface area contributed by atoms with Crippen molar-refractivity contribution in [3.63, 3.8) is 0 Å². The fourth-order valence-corrected chi connectivity index (χ4v) is 2.90. The van der Waals surface area contributed by atoms with E-state index in [4.69, 9.17) is 5.14 Å². The molecule has 4 N–H and O–H groups in total. The van der Waals surface area contributed by atoms with E-state index >= 15 is 0 Å². The molecule has 0 bridgehead atoms. The van der Waals surface area contributed by atoms with Crippen molar-refractivity contribution < 1.29 is 13.2 Å². The van der Waals surface area contributed by atoms with Crippen LogP contribution in [0.1, 0.15) is 35.3 Å². The quantitative estimate of drug-likeness (QED) is 0.718. The second kappa shape index (κ2) is 7.02. The molecule has 0 spiro atoms. The zero-order valence-electron chi connectivity index (χ0n) is 12.9. The number of nitrogens with two attached hydrogens (primary N) is 1. The largest absolute Gasteiger partial charge is 0.350 e. The highest BCUT2D eigenvalue weighted by molar-refractivity contribution is 7.89. The second-order valence-electron chi connectivity index (χ2n) is 5.13. The number of carbonyl (C=O) groups is 1. The molecular formula is C14H23N3O3S. The molecule has 118 valence electrons. The first-order valence-electron chi connectivity index (χ1n) is 6.82. The van der Waals surface area contributed by atoms with Crippen LogP contribution in [0.25, 0.3) is 0 Å². The molecule has 21 heavy (non-hydrogen) atoms. The predicted octanol–water partition coefficient (Wildman–Crippen LogP) is 0.679.